The van der Waals surface area contributed by atoms with E-state index < -0.39 is 10.0 Å². The van der Waals surface area contributed by atoms with Gasteiger partial charge in [0.2, 0.25) is 15.9 Å². The molecule has 0 aliphatic carbocycles. The molecule has 6 nitrogen and oxygen atoms in total. The van der Waals surface area contributed by atoms with E-state index in [0.29, 0.717) is 39.9 Å². The molecule has 3 rings (SSSR count). The fraction of sp³-hybridized carbons (Fsp3) is 0.350. The van der Waals surface area contributed by atoms with E-state index in [1.165, 1.54) is 11.4 Å². The number of benzene rings is 2. The van der Waals surface area contributed by atoms with Gasteiger partial charge in [-0.1, -0.05) is 41.4 Å². The number of carbonyl (C=O) groups is 1. The summed E-state index contributed by atoms with van der Waals surface area (Å²) in [6, 6.07) is 11.9. The molecule has 0 atom stereocenters. The van der Waals surface area contributed by atoms with E-state index in [-0.39, 0.29) is 30.7 Å². The largest absolute Gasteiger partial charge is 0.495 e. The van der Waals surface area contributed by atoms with Crippen LogP contribution in [0.5, 0.6) is 5.75 Å². The van der Waals surface area contributed by atoms with Crippen molar-refractivity contribution in [2.75, 3.05) is 25.5 Å². The number of ether oxygens (including phenoxy) is 1. The zero-order valence-corrected chi connectivity index (χ0v) is 18.2. The van der Waals surface area contributed by atoms with Crippen molar-refractivity contribution in [2.24, 2.45) is 5.92 Å². The van der Waals surface area contributed by atoms with Crippen molar-refractivity contribution in [3.63, 3.8) is 0 Å². The summed E-state index contributed by atoms with van der Waals surface area (Å²) in [5.41, 5.74) is 1.07. The molecule has 1 saturated heterocycles. The highest BCUT2D eigenvalue weighted by molar-refractivity contribution is 7.88. The van der Waals surface area contributed by atoms with Gasteiger partial charge in [-0.15, -0.1) is 0 Å². The zero-order chi connectivity index (χ0) is 21.0. The Morgan fingerprint density at radius 1 is 1.17 bits per heavy atom. The van der Waals surface area contributed by atoms with E-state index in [2.05, 4.69) is 5.32 Å². The maximum Gasteiger partial charge on any atom is 0.227 e. The number of rotatable bonds is 6. The van der Waals surface area contributed by atoms with E-state index in [9.17, 15) is 13.2 Å². The van der Waals surface area contributed by atoms with Crippen molar-refractivity contribution in [1.29, 1.82) is 0 Å². The Kier molecular flexibility index (Phi) is 7.05. The number of hydrogen-bond acceptors (Lipinski definition) is 4. The van der Waals surface area contributed by atoms with Gasteiger partial charge in [-0.25, -0.2) is 12.7 Å². The van der Waals surface area contributed by atoms with Gasteiger partial charge in [0.25, 0.3) is 0 Å². The Balaban J connectivity index is 1.61. The molecule has 9 heteroatoms. The lowest BCUT2D eigenvalue weighted by atomic mass is 9.97. The van der Waals surface area contributed by atoms with E-state index in [4.69, 9.17) is 27.9 Å². The van der Waals surface area contributed by atoms with Crippen molar-refractivity contribution in [2.45, 2.75) is 18.6 Å². The van der Waals surface area contributed by atoms with Crippen LogP contribution in [-0.4, -0.2) is 38.8 Å². The second kappa shape index (κ2) is 9.34. The molecule has 1 amide bonds. The third-order valence-electron chi connectivity index (χ3n) is 4.93. The molecule has 1 aliphatic heterocycles. The van der Waals surface area contributed by atoms with Gasteiger partial charge in [0.05, 0.1) is 18.6 Å². The first-order chi connectivity index (χ1) is 13.8. The molecule has 1 heterocycles. The molecular formula is C20H22Cl2N2O4S. The van der Waals surface area contributed by atoms with E-state index in [1.807, 2.05) is 0 Å². The summed E-state index contributed by atoms with van der Waals surface area (Å²) in [6.07, 6.45) is 0.882. The van der Waals surface area contributed by atoms with Gasteiger partial charge in [-0.3, -0.25) is 4.79 Å². The van der Waals surface area contributed by atoms with Crippen molar-refractivity contribution < 1.29 is 17.9 Å². The summed E-state index contributed by atoms with van der Waals surface area (Å²) in [5.74, 6) is -0.0924. The molecule has 29 heavy (non-hydrogen) atoms. The second-order valence-corrected chi connectivity index (χ2v) is 9.67. The number of anilines is 1. The van der Waals surface area contributed by atoms with Crippen molar-refractivity contribution in [3.05, 3.63) is 58.1 Å². The summed E-state index contributed by atoms with van der Waals surface area (Å²) >= 11 is 12.1. The predicted molar refractivity (Wildman–Crippen MR) is 115 cm³/mol. The maximum absolute atomic E-state index is 12.7. The fourth-order valence-electron chi connectivity index (χ4n) is 3.31. The van der Waals surface area contributed by atoms with Crippen LogP contribution in [0.4, 0.5) is 5.69 Å². The average Bonchev–Trinajstić information content (AvgIpc) is 2.70. The Morgan fingerprint density at radius 3 is 2.52 bits per heavy atom. The highest BCUT2D eigenvalue weighted by Crippen LogP contribution is 2.30. The Morgan fingerprint density at radius 2 is 1.86 bits per heavy atom. The quantitative estimate of drug-likeness (QED) is 0.706. The first-order valence-corrected chi connectivity index (χ1v) is 11.5. The molecule has 0 unspecified atom stereocenters. The summed E-state index contributed by atoms with van der Waals surface area (Å²) in [6.45, 7) is 0.578. The van der Waals surface area contributed by atoms with Crippen LogP contribution in [0.25, 0.3) is 0 Å². The van der Waals surface area contributed by atoms with Crippen LogP contribution in [0.1, 0.15) is 18.4 Å². The fourth-order valence-corrected chi connectivity index (χ4v) is 5.36. The Labute approximate surface area is 180 Å². The minimum Gasteiger partial charge on any atom is -0.495 e. The van der Waals surface area contributed by atoms with Gasteiger partial charge < -0.3 is 10.1 Å². The molecule has 0 aromatic heterocycles. The monoisotopic (exact) mass is 456 g/mol. The highest BCUT2D eigenvalue weighted by atomic mass is 35.5. The number of sulfonamides is 1. The van der Waals surface area contributed by atoms with Crippen LogP contribution in [-0.2, 0) is 20.6 Å². The van der Waals surface area contributed by atoms with Gasteiger partial charge in [0, 0.05) is 29.1 Å². The number of halogens is 2. The number of amides is 1. The molecule has 0 radical (unpaired) electrons. The summed E-state index contributed by atoms with van der Waals surface area (Å²) in [4.78, 5) is 12.6. The number of carbonyl (C=O) groups excluding carboxylic acids is 1. The minimum atomic E-state index is -3.50. The van der Waals surface area contributed by atoms with Crippen LogP contribution in [0, 0.1) is 5.92 Å². The van der Waals surface area contributed by atoms with Gasteiger partial charge in [-0.05, 0) is 42.7 Å². The standard InChI is InChI=1S/C20H22Cl2N2O4S/c1-28-19-7-6-16(21)12-18(19)23-20(25)14-8-10-24(11-9-14)29(26,27)13-15-4-2-3-5-17(15)22/h2-7,12,14H,8-11,13H2,1H3,(H,23,25). The second-order valence-electron chi connectivity index (χ2n) is 6.85. The van der Waals surface area contributed by atoms with Crippen LogP contribution >= 0.6 is 23.2 Å². The van der Waals surface area contributed by atoms with Crippen LogP contribution in [0.15, 0.2) is 42.5 Å². The number of nitrogens with zero attached hydrogens (tertiary/aromatic N) is 1. The van der Waals surface area contributed by atoms with Crippen molar-refractivity contribution in [1.82, 2.24) is 4.31 Å². The van der Waals surface area contributed by atoms with Gasteiger partial charge in [0.1, 0.15) is 5.75 Å². The van der Waals surface area contributed by atoms with E-state index >= 15 is 0 Å². The first-order valence-electron chi connectivity index (χ1n) is 9.16. The normalized spacial score (nSPS) is 15.8. The third-order valence-corrected chi connectivity index (χ3v) is 7.36. The highest BCUT2D eigenvalue weighted by Gasteiger charge is 2.31. The van der Waals surface area contributed by atoms with Crippen LogP contribution in [0.2, 0.25) is 10.0 Å². The molecule has 1 aliphatic rings. The number of hydrogen-bond donors (Lipinski definition) is 1. The van der Waals surface area contributed by atoms with Crippen LogP contribution in [0.3, 0.4) is 0 Å². The molecule has 0 spiro atoms. The van der Waals surface area contributed by atoms with E-state index in [1.54, 1.807) is 42.5 Å². The lowest BCUT2D eigenvalue weighted by Crippen LogP contribution is -2.41. The molecule has 156 valence electrons. The van der Waals surface area contributed by atoms with Crippen molar-refractivity contribution >= 4 is 44.8 Å². The summed E-state index contributed by atoms with van der Waals surface area (Å²) in [5, 5.41) is 3.76. The number of piperidine rings is 1. The minimum absolute atomic E-state index is 0.150. The molecule has 1 fully saturated rings. The lowest BCUT2D eigenvalue weighted by Gasteiger charge is -2.30. The topological polar surface area (TPSA) is 75.7 Å². The van der Waals surface area contributed by atoms with Gasteiger partial charge >= 0.3 is 0 Å². The van der Waals surface area contributed by atoms with Gasteiger partial charge in [0.15, 0.2) is 0 Å². The maximum atomic E-state index is 12.7. The van der Waals surface area contributed by atoms with E-state index in [0.717, 1.165) is 0 Å². The molecule has 1 N–H and O–H groups in total. The Bertz CT molecular complexity index is 990. The molecular weight excluding hydrogens is 435 g/mol. The lowest BCUT2D eigenvalue weighted by molar-refractivity contribution is -0.120. The van der Waals surface area contributed by atoms with Crippen LogP contribution < -0.4 is 10.1 Å². The summed E-state index contributed by atoms with van der Waals surface area (Å²) in [7, 11) is -1.99. The Hall–Kier alpha value is -1.80. The molecule has 0 bridgehead atoms. The predicted octanol–water partition coefficient (Wildman–Crippen LogP) is 4.18. The molecule has 2 aromatic carbocycles. The first kappa shape index (κ1) is 21.9. The molecule has 2 aromatic rings. The van der Waals surface area contributed by atoms with Gasteiger partial charge in [-0.2, -0.15) is 0 Å². The average molecular weight is 457 g/mol. The SMILES string of the molecule is COc1ccc(Cl)cc1NC(=O)C1CCN(S(=O)(=O)Cc2ccccc2Cl)CC1. The number of nitrogens with one attached hydrogen (secondary N) is 1. The zero-order valence-electron chi connectivity index (χ0n) is 15.9. The summed E-state index contributed by atoms with van der Waals surface area (Å²) < 4.78 is 32.1. The molecule has 0 saturated carbocycles. The number of methoxy groups -OCH3 is 1. The smallest absolute Gasteiger partial charge is 0.227 e. The third kappa shape index (κ3) is 5.42. The van der Waals surface area contributed by atoms with Crippen molar-refractivity contribution in [3.8, 4) is 5.75 Å².